The number of hydrogen-bond acceptors (Lipinski definition) is 3. The molecule has 1 amide bonds. The van der Waals surface area contributed by atoms with Crippen molar-refractivity contribution in [3.63, 3.8) is 0 Å². The predicted octanol–water partition coefficient (Wildman–Crippen LogP) is 4.65. The average molecular weight is 382 g/mol. The molecule has 0 aliphatic heterocycles. The Hall–Kier alpha value is -1.91. The molecule has 134 valence electrons. The van der Waals surface area contributed by atoms with E-state index < -0.39 is 0 Å². The first-order valence-electron chi connectivity index (χ1n) is 7.95. The van der Waals surface area contributed by atoms with Gasteiger partial charge in [-0.25, -0.2) is 0 Å². The van der Waals surface area contributed by atoms with Gasteiger partial charge in [-0.05, 0) is 36.6 Å². The van der Waals surface area contributed by atoms with Crippen LogP contribution in [0, 0.1) is 0 Å². The number of aryl methyl sites for hydroxylation is 1. The molecule has 0 spiro atoms. The summed E-state index contributed by atoms with van der Waals surface area (Å²) in [6.07, 6.45) is 1.94. The van der Waals surface area contributed by atoms with Crippen LogP contribution in [-0.2, 0) is 17.8 Å². The minimum Gasteiger partial charge on any atom is -0.493 e. The molecule has 0 aliphatic carbocycles. The molecule has 2 aromatic carbocycles. The van der Waals surface area contributed by atoms with E-state index in [1.54, 1.807) is 20.3 Å². The number of methoxy groups -OCH3 is 2. The fraction of sp³-hybridized carbons (Fsp3) is 0.316. The summed E-state index contributed by atoms with van der Waals surface area (Å²) in [4.78, 5) is 12.1. The molecule has 0 aliphatic rings. The quantitative estimate of drug-likeness (QED) is 0.723. The van der Waals surface area contributed by atoms with E-state index in [0.717, 1.165) is 24.0 Å². The van der Waals surface area contributed by atoms with Crippen LogP contribution in [0.25, 0.3) is 0 Å². The summed E-state index contributed by atoms with van der Waals surface area (Å²) in [7, 11) is 3.17. The van der Waals surface area contributed by atoms with E-state index in [1.165, 1.54) is 0 Å². The molecule has 0 unspecified atom stereocenters. The minimum atomic E-state index is -0.00932. The van der Waals surface area contributed by atoms with Gasteiger partial charge in [-0.3, -0.25) is 4.79 Å². The van der Waals surface area contributed by atoms with E-state index in [9.17, 15) is 4.79 Å². The molecule has 1 N–H and O–H groups in total. The summed E-state index contributed by atoms with van der Waals surface area (Å²) in [5.74, 6) is 1.28. The maximum Gasteiger partial charge on any atom is 0.220 e. The molecule has 2 rings (SSSR count). The molecule has 25 heavy (non-hydrogen) atoms. The number of rotatable bonds is 8. The molecule has 4 nitrogen and oxygen atoms in total. The summed E-state index contributed by atoms with van der Waals surface area (Å²) in [5.41, 5.74) is 1.94. The van der Waals surface area contributed by atoms with Gasteiger partial charge in [0.1, 0.15) is 0 Å². The number of carbonyl (C=O) groups is 1. The Morgan fingerprint density at radius 1 is 1.08 bits per heavy atom. The molecule has 0 aromatic heterocycles. The lowest BCUT2D eigenvalue weighted by Gasteiger charge is -2.13. The Kier molecular flexibility index (Phi) is 7.41. The molecule has 0 atom stereocenters. The zero-order valence-electron chi connectivity index (χ0n) is 14.3. The Morgan fingerprint density at radius 3 is 2.56 bits per heavy atom. The van der Waals surface area contributed by atoms with E-state index in [-0.39, 0.29) is 5.91 Å². The highest BCUT2D eigenvalue weighted by molar-refractivity contribution is 6.42. The van der Waals surface area contributed by atoms with E-state index in [2.05, 4.69) is 5.32 Å². The van der Waals surface area contributed by atoms with Crippen LogP contribution in [0.1, 0.15) is 24.0 Å². The maximum absolute atomic E-state index is 12.1. The van der Waals surface area contributed by atoms with Gasteiger partial charge in [-0.2, -0.15) is 0 Å². The highest BCUT2D eigenvalue weighted by Crippen LogP contribution is 2.30. The van der Waals surface area contributed by atoms with Crippen LogP contribution >= 0.6 is 23.2 Å². The number of para-hydroxylation sites is 1. The van der Waals surface area contributed by atoms with Crippen molar-refractivity contribution in [2.45, 2.75) is 25.8 Å². The standard InChI is InChI=1S/C19H21Cl2NO3/c1-24-17-7-4-6-14(19(17)25-2)12-22-18(23)8-3-5-13-9-10-15(20)16(21)11-13/h4,6-7,9-11H,3,5,8,12H2,1-2H3,(H,22,23). The smallest absolute Gasteiger partial charge is 0.220 e. The first-order chi connectivity index (χ1) is 12.0. The first-order valence-corrected chi connectivity index (χ1v) is 8.71. The maximum atomic E-state index is 12.1. The molecular weight excluding hydrogens is 361 g/mol. The second-order valence-electron chi connectivity index (χ2n) is 5.53. The summed E-state index contributed by atoms with van der Waals surface area (Å²) < 4.78 is 10.6. The Bertz CT molecular complexity index is 735. The lowest BCUT2D eigenvalue weighted by Crippen LogP contribution is -2.22. The van der Waals surface area contributed by atoms with Crippen molar-refractivity contribution in [1.29, 1.82) is 0 Å². The Labute approximate surface area is 158 Å². The van der Waals surface area contributed by atoms with Crippen LogP contribution in [0.3, 0.4) is 0 Å². The van der Waals surface area contributed by atoms with Crippen molar-refractivity contribution >= 4 is 29.1 Å². The third kappa shape index (κ3) is 5.55. The molecule has 0 radical (unpaired) electrons. The third-order valence-electron chi connectivity index (χ3n) is 3.81. The number of benzene rings is 2. The lowest BCUT2D eigenvalue weighted by molar-refractivity contribution is -0.121. The van der Waals surface area contributed by atoms with Crippen LogP contribution in [0.4, 0.5) is 0 Å². The van der Waals surface area contributed by atoms with Gasteiger partial charge in [-0.1, -0.05) is 41.4 Å². The van der Waals surface area contributed by atoms with Crippen molar-refractivity contribution in [3.05, 3.63) is 57.6 Å². The van der Waals surface area contributed by atoms with Gasteiger partial charge in [-0.15, -0.1) is 0 Å². The Morgan fingerprint density at radius 2 is 1.88 bits per heavy atom. The first kappa shape index (κ1) is 19.4. The van der Waals surface area contributed by atoms with Gasteiger partial charge in [0.2, 0.25) is 5.91 Å². The zero-order chi connectivity index (χ0) is 18.2. The van der Waals surface area contributed by atoms with E-state index >= 15 is 0 Å². The van der Waals surface area contributed by atoms with Crippen molar-refractivity contribution in [2.75, 3.05) is 14.2 Å². The minimum absolute atomic E-state index is 0.00932. The van der Waals surface area contributed by atoms with E-state index in [1.807, 2.05) is 30.3 Å². The summed E-state index contributed by atoms with van der Waals surface area (Å²) in [5, 5.41) is 3.98. The van der Waals surface area contributed by atoms with Gasteiger partial charge >= 0.3 is 0 Å². The number of amides is 1. The van der Waals surface area contributed by atoms with E-state index in [0.29, 0.717) is 34.5 Å². The monoisotopic (exact) mass is 381 g/mol. The fourth-order valence-electron chi connectivity index (χ4n) is 2.52. The molecule has 0 bridgehead atoms. The average Bonchev–Trinajstić information content (AvgIpc) is 2.62. The molecule has 0 saturated heterocycles. The largest absolute Gasteiger partial charge is 0.493 e. The van der Waals surface area contributed by atoms with E-state index in [4.69, 9.17) is 32.7 Å². The van der Waals surface area contributed by atoms with Gasteiger partial charge < -0.3 is 14.8 Å². The van der Waals surface area contributed by atoms with Crippen LogP contribution in [0.5, 0.6) is 11.5 Å². The molecule has 0 heterocycles. The lowest BCUT2D eigenvalue weighted by atomic mass is 10.1. The highest BCUT2D eigenvalue weighted by Gasteiger charge is 2.10. The van der Waals surface area contributed by atoms with Gasteiger partial charge in [0, 0.05) is 18.5 Å². The molecule has 2 aromatic rings. The number of carbonyl (C=O) groups excluding carboxylic acids is 1. The zero-order valence-corrected chi connectivity index (χ0v) is 15.8. The van der Waals surface area contributed by atoms with Gasteiger partial charge in [0.25, 0.3) is 0 Å². The second kappa shape index (κ2) is 9.54. The normalized spacial score (nSPS) is 10.4. The summed E-state index contributed by atoms with van der Waals surface area (Å²) >= 11 is 11.9. The summed E-state index contributed by atoms with van der Waals surface area (Å²) in [6, 6.07) is 11.1. The number of hydrogen-bond donors (Lipinski definition) is 1. The molecule has 0 saturated carbocycles. The molecular formula is C19H21Cl2NO3. The number of ether oxygens (including phenoxy) is 2. The second-order valence-corrected chi connectivity index (χ2v) is 6.35. The van der Waals surface area contributed by atoms with Crippen LogP contribution in [-0.4, -0.2) is 20.1 Å². The molecule has 6 heteroatoms. The highest BCUT2D eigenvalue weighted by atomic mass is 35.5. The SMILES string of the molecule is COc1cccc(CNC(=O)CCCc2ccc(Cl)c(Cl)c2)c1OC. The Balaban J connectivity index is 1.82. The fourth-order valence-corrected chi connectivity index (χ4v) is 2.84. The van der Waals surface area contributed by atoms with Crippen molar-refractivity contribution in [1.82, 2.24) is 5.32 Å². The van der Waals surface area contributed by atoms with Gasteiger partial charge in [0.05, 0.1) is 24.3 Å². The number of halogens is 2. The van der Waals surface area contributed by atoms with Crippen molar-refractivity contribution in [3.8, 4) is 11.5 Å². The third-order valence-corrected chi connectivity index (χ3v) is 4.55. The molecule has 0 fully saturated rings. The predicted molar refractivity (Wildman–Crippen MR) is 101 cm³/mol. The van der Waals surface area contributed by atoms with Crippen molar-refractivity contribution < 1.29 is 14.3 Å². The number of nitrogens with one attached hydrogen (secondary N) is 1. The van der Waals surface area contributed by atoms with Crippen LogP contribution < -0.4 is 14.8 Å². The van der Waals surface area contributed by atoms with Gasteiger partial charge in [0.15, 0.2) is 11.5 Å². The topological polar surface area (TPSA) is 47.6 Å². The van der Waals surface area contributed by atoms with Crippen molar-refractivity contribution in [2.24, 2.45) is 0 Å². The van der Waals surface area contributed by atoms with Crippen LogP contribution in [0.2, 0.25) is 10.0 Å². The van der Waals surface area contributed by atoms with Crippen LogP contribution in [0.15, 0.2) is 36.4 Å². The summed E-state index contributed by atoms with van der Waals surface area (Å²) in [6.45, 7) is 0.395.